The van der Waals surface area contributed by atoms with Crippen molar-refractivity contribution in [3.05, 3.63) is 52.6 Å². The molecule has 1 aliphatic heterocycles. The molecule has 2 aromatic heterocycles. The maximum Gasteiger partial charge on any atom is 0.326 e. The number of hydrogen-bond donors (Lipinski definition) is 0. The SMILES string of the molecule is C=CCSc1ncccc1C(=O)N1CCC(c2nc(C(=O)N(C)CC(=O)OC(C)(C)C)cs2)CC1. The molecule has 1 aliphatic rings. The predicted molar refractivity (Wildman–Crippen MR) is 138 cm³/mol. The average molecular weight is 517 g/mol. The van der Waals surface area contributed by atoms with Gasteiger partial charge in [0, 0.05) is 43.4 Å². The maximum absolute atomic E-state index is 13.1. The van der Waals surface area contributed by atoms with Gasteiger partial charge in [0.15, 0.2) is 0 Å². The van der Waals surface area contributed by atoms with Crippen molar-refractivity contribution in [2.45, 2.75) is 50.2 Å². The van der Waals surface area contributed by atoms with Gasteiger partial charge >= 0.3 is 5.97 Å². The minimum absolute atomic E-state index is 0.0121. The van der Waals surface area contributed by atoms with Gasteiger partial charge in [-0.25, -0.2) is 9.97 Å². The number of rotatable bonds is 8. The second-order valence-corrected chi connectivity index (χ2v) is 11.2. The molecule has 0 radical (unpaired) electrons. The van der Waals surface area contributed by atoms with Crippen LogP contribution in [0.25, 0.3) is 0 Å². The molecule has 188 valence electrons. The lowest BCUT2D eigenvalue weighted by Crippen LogP contribution is -2.38. The van der Waals surface area contributed by atoms with E-state index >= 15 is 0 Å². The summed E-state index contributed by atoms with van der Waals surface area (Å²) in [6.07, 6.45) is 5.04. The van der Waals surface area contributed by atoms with Gasteiger partial charge in [0.1, 0.15) is 22.9 Å². The molecule has 0 saturated carbocycles. The van der Waals surface area contributed by atoms with Gasteiger partial charge < -0.3 is 14.5 Å². The first-order chi connectivity index (χ1) is 16.6. The lowest BCUT2D eigenvalue weighted by Gasteiger charge is -2.31. The van der Waals surface area contributed by atoms with Crippen molar-refractivity contribution in [1.29, 1.82) is 0 Å². The largest absolute Gasteiger partial charge is 0.459 e. The quantitative estimate of drug-likeness (QED) is 0.294. The molecule has 0 atom stereocenters. The lowest BCUT2D eigenvalue weighted by atomic mass is 9.97. The first kappa shape index (κ1) is 26.9. The van der Waals surface area contributed by atoms with E-state index in [1.54, 1.807) is 51.5 Å². The first-order valence-corrected chi connectivity index (χ1v) is 13.4. The highest BCUT2D eigenvalue weighted by Gasteiger charge is 2.29. The van der Waals surface area contributed by atoms with E-state index in [0.29, 0.717) is 30.1 Å². The van der Waals surface area contributed by atoms with Crippen molar-refractivity contribution in [3.8, 4) is 0 Å². The van der Waals surface area contributed by atoms with Gasteiger partial charge in [-0.15, -0.1) is 29.7 Å². The zero-order chi connectivity index (χ0) is 25.6. The van der Waals surface area contributed by atoms with Gasteiger partial charge in [0.05, 0.1) is 10.6 Å². The zero-order valence-corrected chi connectivity index (χ0v) is 22.3. The topological polar surface area (TPSA) is 92.7 Å². The summed E-state index contributed by atoms with van der Waals surface area (Å²) in [4.78, 5) is 50.0. The van der Waals surface area contributed by atoms with E-state index in [9.17, 15) is 14.4 Å². The summed E-state index contributed by atoms with van der Waals surface area (Å²) < 4.78 is 5.29. The van der Waals surface area contributed by atoms with Crippen molar-refractivity contribution >= 4 is 40.9 Å². The molecule has 0 unspecified atom stereocenters. The molecule has 3 heterocycles. The minimum Gasteiger partial charge on any atom is -0.459 e. The number of amides is 2. The third-order valence-electron chi connectivity index (χ3n) is 5.34. The van der Waals surface area contributed by atoms with Gasteiger partial charge in [0.2, 0.25) is 0 Å². The third-order valence-corrected chi connectivity index (χ3v) is 7.35. The second kappa shape index (κ2) is 11.8. The Hall–Kier alpha value is -2.72. The fraction of sp³-hybridized carbons (Fsp3) is 0.480. The van der Waals surface area contributed by atoms with E-state index in [0.717, 1.165) is 22.9 Å². The van der Waals surface area contributed by atoms with E-state index in [1.165, 1.54) is 28.0 Å². The van der Waals surface area contributed by atoms with Crippen molar-refractivity contribution in [2.75, 3.05) is 32.4 Å². The van der Waals surface area contributed by atoms with Crippen LogP contribution in [0.1, 0.15) is 65.4 Å². The molecule has 2 aromatic rings. The minimum atomic E-state index is -0.603. The Kier molecular flexibility index (Phi) is 9.07. The summed E-state index contributed by atoms with van der Waals surface area (Å²) >= 11 is 2.95. The molecule has 0 bridgehead atoms. The van der Waals surface area contributed by atoms with E-state index in [4.69, 9.17) is 4.74 Å². The molecule has 8 nitrogen and oxygen atoms in total. The second-order valence-electron chi connectivity index (χ2n) is 9.34. The van der Waals surface area contributed by atoms with Crippen LogP contribution in [-0.4, -0.2) is 75.6 Å². The smallest absolute Gasteiger partial charge is 0.326 e. The Morgan fingerprint density at radius 2 is 2.03 bits per heavy atom. The molecule has 0 spiro atoms. The lowest BCUT2D eigenvalue weighted by molar-refractivity contribution is -0.155. The number of pyridine rings is 1. The highest BCUT2D eigenvalue weighted by molar-refractivity contribution is 7.99. The van der Waals surface area contributed by atoms with Crippen molar-refractivity contribution in [1.82, 2.24) is 19.8 Å². The fourth-order valence-corrected chi connectivity index (χ4v) is 5.40. The van der Waals surface area contributed by atoms with Crippen LogP contribution in [0.3, 0.4) is 0 Å². The molecule has 3 rings (SSSR count). The van der Waals surface area contributed by atoms with Gasteiger partial charge in [-0.3, -0.25) is 14.4 Å². The van der Waals surface area contributed by atoms with Crippen molar-refractivity contribution in [3.63, 3.8) is 0 Å². The summed E-state index contributed by atoms with van der Waals surface area (Å²) in [7, 11) is 1.56. The Bertz CT molecular complexity index is 1070. The number of thioether (sulfide) groups is 1. The van der Waals surface area contributed by atoms with Crippen LogP contribution in [0, 0.1) is 0 Å². The summed E-state index contributed by atoms with van der Waals surface area (Å²) in [5, 5.41) is 3.34. The zero-order valence-electron chi connectivity index (χ0n) is 20.7. The summed E-state index contributed by atoms with van der Waals surface area (Å²) in [5.74, 6) is 0.0945. The van der Waals surface area contributed by atoms with Crippen LogP contribution >= 0.6 is 23.1 Å². The number of piperidine rings is 1. The number of ether oxygens (including phenoxy) is 1. The molecule has 2 amide bonds. The highest BCUT2D eigenvalue weighted by atomic mass is 32.2. The molecule has 10 heteroatoms. The number of carbonyl (C=O) groups excluding carboxylic acids is 3. The summed E-state index contributed by atoms with van der Waals surface area (Å²) in [5.41, 5.74) is 0.343. The average Bonchev–Trinajstić information content (AvgIpc) is 3.31. The molecule has 0 aliphatic carbocycles. The van der Waals surface area contributed by atoms with Crippen LogP contribution in [0.15, 0.2) is 41.4 Å². The van der Waals surface area contributed by atoms with Crippen LogP contribution < -0.4 is 0 Å². The van der Waals surface area contributed by atoms with Crippen molar-refractivity contribution < 1.29 is 19.1 Å². The normalized spacial score (nSPS) is 14.5. The number of nitrogens with zero attached hydrogens (tertiary/aromatic N) is 4. The molecular weight excluding hydrogens is 484 g/mol. The van der Waals surface area contributed by atoms with Crippen LogP contribution in [0.4, 0.5) is 0 Å². The molecule has 1 saturated heterocycles. The van der Waals surface area contributed by atoms with E-state index in [-0.39, 0.29) is 24.3 Å². The highest BCUT2D eigenvalue weighted by Crippen LogP contribution is 2.32. The summed E-state index contributed by atoms with van der Waals surface area (Å²) in [6.45, 7) is 10.2. The van der Waals surface area contributed by atoms with E-state index in [2.05, 4.69) is 16.5 Å². The van der Waals surface area contributed by atoms with Gasteiger partial charge in [-0.1, -0.05) is 6.08 Å². The molecular formula is C25H32N4O4S2. The Morgan fingerprint density at radius 1 is 1.31 bits per heavy atom. The van der Waals surface area contributed by atoms with Crippen LogP contribution in [0.2, 0.25) is 0 Å². The van der Waals surface area contributed by atoms with Crippen LogP contribution in [-0.2, 0) is 9.53 Å². The molecule has 35 heavy (non-hydrogen) atoms. The Morgan fingerprint density at radius 3 is 2.69 bits per heavy atom. The summed E-state index contributed by atoms with van der Waals surface area (Å²) in [6, 6.07) is 3.60. The van der Waals surface area contributed by atoms with Crippen molar-refractivity contribution in [2.24, 2.45) is 0 Å². The number of likely N-dealkylation sites (N-methyl/N-ethyl adjacent to an activating group) is 1. The van der Waals surface area contributed by atoms with Gasteiger partial charge in [-0.2, -0.15) is 0 Å². The number of carbonyl (C=O) groups is 3. The Labute approximate surface area is 214 Å². The molecule has 0 N–H and O–H groups in total. The van der Waals surface area contributed by atoms with Crippen LogP contribution in [0.5, 0.6) is 0 Å². The maximum atomic E-state index is 13.1. The number of likely N-dealkylation sites (tertiary alicyclic amines) is 1. The van der Waals surface area contributed by atoms with Gasteiger partial charge in [-0.05, 0) is 45.7 Å². The molecule has 0 aromatic carbocycles. The molecule has 1 fully saturated rings. The standard InChI is InChI=1S/C25H32N4O4S2/c1-6-14-34-22-18(8-7-11-26-22)23(31)29-12-9-17(10-13-29)21-27-19(16-35-21)24(32)28(5)15-20(30)33-25(2,3)4/h6-8,11,16-17H,1,9-10,12-15H2,2-5H3. The Balaban J connectivity index is 1.57. The number of thiazole rings is 1. The third kappa shape index (κ3) is 7.38. The van der Waals surface area contributed by atoms with E-state index < -0.39 is 11.6 Å². The van der Waals surface area contributed by atoms with Gasteiger partial charge in [0.25, 0.3) is 11.8 Å². The number of aromatic nitrogens is 2. The monoisotopic (exact) mass is 516 g/mol. The van der Waals surface area contributed by atoms with E-state index in [1.807, 2.05) is 11.0 Å². The first-order valence-electron chi connectivity index (χ1n) is 11.5. The predicted octanol–water partition coefficient (Wildman–Crippen LogP) is 4.25. The fourth-order valence-electron chi connectivity index (χ4n) is 3.71. The number of esters is 1. The number of hydrogen-bond acceptors (Lipinski definition) is 8.